The van der Waals surface area contributed by atoms with E-state index in [0.29, 0.717) is 0 Å². The van der Waals surface area contributed by atoms with Crippen LogP contribution in [-0.2, 0) is 28.9 Å². The predicted molar refractivity (Wildman–Crippen MR) is 73.0 cm³/mol. The maximum Gasteiger partial charge on any atom is 0.322 e. The Morgan fingerprint density at radius 2 is 2.32 bits per heavy atom. The third kappa shape index (κ3) is 3.35. The summed E-state index contributed by atoms with van der Waals surface area (Å²) in [6, 6.07) is -0.225. The average molecular weight is 265 g/mol. The lowest BCUT2D eigenvalue weighted by Gasteiger charge is -2.18. The first-order chi connectivity index (χ1) is 9.26. The first-order valence-corrected chi connectivity index (χ1v) is 7.10. The molecule has 1 aliphatic carbocycles. The number of methoxy groups -OCH3 is 1. The lowest BCUT2D eigenvalue weighted by molar-refractivity contribution is -0.143. The SMILES string of the molecule is CCNC(CCn1cnc2c1CCCC2)C(=O)OC. The van der Waals surface area contributed by atoms with E-state index in [9.17, 15) is 4.79 Å². The van der Waals surface area contributed by atoms with Gasteiger partial charge in [0.15, 0.2) is 0 Å². The summed E-state index contributed by atoms with van der Waals surface area (Å²) < 4.78 is 7.02. The van der Waals surface area contributed by atoms with Crippen molar-refractivity contribution >= 4 is 5.97 Å². The van der Waals surface area contributed by atoms with E-state index in [0.717, 1.165) is 32.4 Å². The number of carbonyl (C=O) groups excluding carboxylic acids is 1. The zero-order valence-corrected chi connectivity index (χ0v) is 11.8. The minimum Gasteiger partial charge on any atom is -0.468 e. The van der Waals surface area contributed by atoms with Gasteiger partial charge in [0.2, 0.25) is 0 Å². The Labute approximate surface area is 114 Å². The number of hydrogen-bond acceptors (Lipinski definition) is 4. The molecule has 5 heteroatoms. The molecule has 19 heavy (non-hydrogen) atoms. The molecule has 1 unspecified atom stereocenters. The fourth-order valence-corrected chi connectivity index (χ4v) is 2.68. The van der Waals surface area contributed by atoms with Crippen LogP contribution in [-0.4, -0.2) is 35.2 Å². The summed E-state index contributed by atoms with van der Waals surface area (Å²) in [5.74, 6) is -0.184. The van der Waals surface area contributed by atoms with E-state index >= 15 is 0 Å². The van der Waals surface area contributed by atoms with Gasteiger partial charge in [0, 0.05) is 12.2 Å². The highest BCUT2D eigenvalue weighted by molar-refractivity contribution is 5.75. The fraction of sp³-hybridized carbons (Fsp3) is 0.714. The minimum atomic E-state index is -0.225. The smallest absolute Gasteiger partial charge is 0.322 e. The van der Waals surface area contributed by atoms with E-state index in [1.165, 1.54) is 31.3 Å². The number of carbonyl (C=O) groups is 1. The molecule has 1 aromatic rings. The van der Waals surface area contributed by atoms with Crippen molar-refractivity contribution in [3.63, 3.8) is 0 Å². The molecule has 106 valence electrons. The number of rotatable bonds is 6. The van der Waals surface area contributed by atoms with Crippen molar-refractivity contribution < 1.29 is 9.53 Å². The Morgan fingerprint density at radius 1 is 1.53 bits per heavy atom. The molecule has 1 aromatic heterocycles. The van der Waals surface area contributed by atoms with E-state index in [1.54, 1.807) is 0 Å². The van der Waals surface area contributed by atoms with Gasteiger partial charge in [0.25, 0.3) is 0 Å². The van der Waals surface area contributed by atoms with Crippen molar-refractivity contribution in [2.75, 3.05) is 13.7 Å². The lowest BCUT2D eigenvalue weighted by Crippen LogP contribution is -2.38. The molecule has 0 aliphatic heterocycles. The highest BCUT2D eigenvalue weighted by Gasteiger charge is 2.20. The van der Waals surface area contributed by atoms with Gasteiger partial charge in [-0.15, -0.1) is 0 Å². The van der Waals surface area contributed by atoms with Crippen LogP contribution in [0.15, 0.2) is 6.33 Å². The highest BCUT2D eigenvalue weighted by atomic mass is 16.5. The van der Waals surface area contributed by atoms with Crippen molar-refractivity contribution in [3.05, 3.63) is 17.7 Å². The van der Waals surface area contributed by atoms with Crippen LogP contribution >= 0.6 is 0 Å². The van der Waals surface area contributed by atoms with Crippen LogP contribution in [0, 0.1) is 0 Å². The normalized spacial score (nSPS) is 15.9. The summed E-state index contributed by atoms with van der Waals surface area (Å²) in [4.78, 5) is 16.1. The van der Waals surface area contributed by atoms with E-state index in [-0.39, 0.29) is 12.0 Å². The summed E-state index contributed by atoms with van der Waals surface area (Å²) in [5.41, 5.74) is 2.59. The van der Waals surface area contributed by atoms with Crippen LogP contribution in [0.1, 0.15) is 37.6 Å². The highest BCUT2D eigenvalue weighted by Crippen LogP contribution is 2.20. The molecule has 5 nitrogen and oxygen atoms in total. The first kappa shape index (κ1) is 14.1. The van der Waals surface area contributed by atoms with Crippen LogP contribution in [0.3, 0.4) is 0 Å². The van der Waals surface area contributed by atoms with Crippen LogP contribution < -0.4 is 5.32 Å². The van der Waals surface area contributed by atoms with Crippen molar-refractivity contribution in [1.29, 1.82) is 0 Å². The van der Waals surface area contributed by atoms with Crippen LogP contribution in [0.5, 0.6) is 0 Å². The molecule has 0 saturated carbocycles. The Morgan fingerprint density at radius 3 is 3.05 bits per heavy atom. The number of nitrogens with zero attached hydrogens (tertiary/aromatic N) is 2. The van der Waals surface area contributed by atoms with Crippen LogP contribution in [0.25, 0.3) is 0 Å². The topological polar surface area (TPSA) is 56.2 Å². The monoisotopic (exact) mass is 265 g/mol. The summed E-state index contributed by atoms with van der Waals surface area (Å²) in [7, 11) is 1.44. The quantitative estimate of drug-likeness (QED) is 0.788. The predicted octanol–water partition coefficient (Wildman–Crippen LogP) is 1.30. The molecular formula is C14H23N3O2. The standard InChI is InChI=1S/C14H23N3O2/c1-3-15-12(14(18)19-2)8-9-17-10-16-11-6-4-5-7-13(11)17/h10,12,15H,3-9H2,1-2H3. The molecule has 1 N–H and O–H groups in total. The Hall–Kier alpha value is -1.36. The number of fused-ring (bicyclic) bond motifs is 1. The number of aryl methyl sites for hydroxylation is 2. The van der Waals surface area contributed by atoms with E-state index in [2.05, 4.69) is 14.9 Å². The third-order valence-electron chi connectivity index (χ3n) is 3.70. The number of nitrogens with one attached hydrogen (secondary N) is 1. The second kappa shape index (κ2) is 6.70. The van der Waals surface area contributed by atoms with Crippen molar-refractivity contribution in [1.82, 2.24) is 14.9 Å². The van der Waals surface area contributed by atoms with E-state index < -0.39 is 0 Å². The molecular weight excluding hydrogens is 242 g/mol. The molecule has 0 amide bonds. The minimum absolute atomic E-state index is 0.184. The zero-order chi connectivity index (χ0) is 13.7. The molecule has 0 spiro atoms. The Balaban J connectivity index is 1.96. The van der Waals surface area contributed by atoms with Gasteiger partial charge in [-0.3, -0.25) is 4.79 Å². The summed E-state index contributed by atoms with van der Waals surface area (Å²) in [6.07, 6.45) is 7.34. The first-order valence-electron chi connectivity index (χ1n) is 7.10. The largest absolute Gasteiger partial charge is 0.468 e. The number of aromatic nitrogens is 2. The number of hydrogen-bond donors (Lipinski definition) is 1. The molecule has 0 aromatic carbocycles. The molecule has 0 radical (unpaired) electrons. The van der Waals surface area contributed by atoms with Gasteiger partial charge in [-0.05, 0) is 38.6 Å². The Bertz CT molecular complexity index is 428. The number of likely N-dealkylation sites (N-methyl/N-ethyl adjacent to an activating group) is 1. The van der Waals surface area contributed by atoms with Gasteiger partial charge in [0.1, 0.15) is 6.04 Å². The molecule has 1 heterocycles. The van der Waals surface area contributed by atoms with Crippen LogP contribution in [0.4, 0.5) is 0 Å². The summed E-state index contributed by atoms with van der Waals surface area (Å²) in [5, 5.41) is 3.17. The summed E-state index contributed by atoms with van der Waals surface area (Å²) in [6.45, 7) is 3.58. The molecule has 1 aliphatic rings. The average Bonchev–Trinajstić information content (AvgIpc) is 2.86. The second-order valence-corrected chi connectivity index (χ2v) is 4.96. The number of imidazole rings is 1. The lowest BCUT2D eigenvalue weighted by atomic mass is 10.0. The molecule has 1 atom stereocenters. The van der Waals surface area contributed by atoms with Gasteiger partial charge < -0.3 is 14.6 Å². The maximum absolute atomic E-state index is 11.6. The third-order valence-corrected chi connectivity index (χ3v) is 3.70. The van der Waals surface area contributed by atoms with Crippen molar-refractivity contribution in [2.45, 2.75) is 51.6 Å². The van der Waals surface area contributed by atoms with Gasteiger partial charge in [-0.1, -0.05) is 6.92 Å². The van der Waals surface area contributed by atoms with Gasteiger partial charge in [0.05, 0.1) is 19.1 Å². The zero-order valence-electron chi connectivity index (χ0n) is 11.8. The van der Waals surface area contributed by atoms with E-state index in [4.69, 9.17) is 4.74 Å². The maximum atomic E-state index is 11.6. The van der Waals surface area contributed by atoms with Crippen molar-refractivity contribution in [3.8, 4) is 0 Å². The summed E-state index contributed by atoms with van der Waals surface area (Å²) >= 11 is 0. The second-order valence-electron chi connectivity index (χ2n) is 4.96. The molecule has 0 saturated heterocycles. The number of ether oxygens (including phenoxy) is 1. The number of esters is 1. The van der Waals surface area contributed by atoms with Gasteiger partial charge >= 0.3 is 5.97 Å². The van der Waals surface area contributed by atoms with Crippen LogP contribution in [0.2, 0.25) is 0 Å². The molecule has 2 rings (SSSR count). The molecule has 0 bridgehead atoms. The van der Waals surface area contributed by atoms with Crippen molar-refractivity contribution in [2.24, 2.45) is 0 Å². The Kier molecular flexibility index (Phi) is 4.96. The molecule has 0 fully saturated rings. The van der Waals surface area contributed by atoms with E-state index in [1.807, 2.05) is 13.3 Å². The van der Waals surface area contributed by atoms with Gasteiger partial charge in [-0.25, -0.2) is 4.98 Å². The fourth-order valence-electron chi connectivity index (χ4n) is 2.68. The van der Waals surface area contributed by atoms with Gasteiger partial charge in [-0.2, -0.15) is 0 Å².